The Morgan fingerprint density at radius 2 is 1.91 bits per heavy atom. The first-order valence-electron chi connectivity index (χ1n) is 13.5. The summed E-state index contributed by atoms with van der Waals surface area (Å²) in [5.74, 6) is -3.26. The number of β-lactam (4-membered cyclic amide) rings is 1. The summed E-state index contributed by atoms with van der Waals surface area (Å²) in [6, 6.07) is 7.55. The highest BCUT2D eigenvalue weighted by atomic mass is 35.5. The average Bonchev–Trinajstić information content (AvgIpc) is 3.01. The van der Waals surface area contributed by atoms with Crippen molar-refractivity contribution in [3.63, 3.8) is 0 Å². The highest BCUT2D eigenvalue weighted by Crippen LogP contribution is 2.41. The Balaban J connectivity index is 1.33. The molecule has 0 saturated carbocycles. The van der Waals surface area contributed by atoms with Gasteiger partial charge < -0.3 is 31.0 Å². The molecule has 2 aliphatic rings. The number of nitrogens with one attached hydrogen (secondary N) is 1. The van der Waals surface area contributed by atoms with Crippen LogP contribution in [0.25, 0.3) is 0 Å². The third-order valence-electron chi connectivity index (χ3n) is 6.71. The van der Waals surface area contributed by atoms with Crippen molar-refractivity contribution < 1.29 is 38.8 Å². The van der Waals surface area contributed by atoms with Crippen LogP contribution in [0.2, 0.25) is 10.0 Å². The van der Waals surface area contributed by atoms with Crippen LogP contribution in [0.4, 0.5) is 0 Å². The molecular formula is C28H29Cl2N5O7S3. The molecule has 0 bridgehead atoms. The summed E-state index contributed by atoms with van der Waals surface area (Å²) in [4.78, 5) is 65.3. The second kappa shape index (κ2) is 16.1. The topological polar surface area (TPSA) is 177 Å². The van der Waals surface area contributed by atoms with Crippen LogP contribution in [-0.4, -0.2) is 92.9 Å². The van der Waals surface area contributed by atoms with Crippen molar-refractivity contribution >= 4 is 88.1 Å². The Morgan fingerprint density at radius 1 is 1.18 bits per heavy atom. The number of fused-ring (bicyclic) bond motifs is 1. The van der Waals surface area contributed by atoms with Gasteiger partial charge in [0.25, 0.3) is 11.8 Å². The molecule has 17 heteroatoms. The van der Waals surface area contributed by atoms with Gasteiger partial charge in [0.05, 0.1) is 22.4 Å². The third-order valence-corrected chi connectivity index (χ3v) is 10.9. The van der Waals surface area contributed by atoms with Gasteiger partial charge in [0.1, 0.15) is 18.0 Å². The molecule has 240 valence electrons. The number of rotatable bonds is 15. The number of carboxylic acids is 2. The van der Waals surface area contributed by atoms with Gasteiger partial charge in [-0.3, -0.25) is 24.1 Å². The molecule has 1 fully saturated rings. The monoisotopic (exact) mass is 713 g/mol. The minimum absolute atomic E-state index is 0.00753. The first-order chi connectivity index (χ1) is 21.5. The van der Waals surface area contributed by atoms with Crippen LogP contribution in [0.15, 0.2) is 63.8 Å². The van der Waals surface area contributed by atoms with Gasteiger partial charge in [0, 0.05) is 45.0 Å². The number of hydrogen-bond acceptors (Lipinski definition) is 10. The Bertz CT molecular complexity index is 1510. The molecular weight excluding hydrogens is 685 g/mol. The zero-order chi connectivity index (χ0) is 32.7. The lowest BCUT2D eigenvalue weighted by Gasteiger charge is -2.50. The van der Waals surface area contributed by atoms with Crippen molar-refractivity contribution in [2.45, 2.75) is 34.2 Å². The number of halogens is 2. The van der Waals surface area contributed by atoms with Crippen molar-refractivity contribution in [1.82, 2.24) is 15.1 Å². The van der Waals surface area contributed by atoms with Crippen LogP contribution in [0.1, 0.15) is 6.42 Å². The minimum Gasteiger partial charge on any atom is -0.543 e. The maximum Gasteiger partial charge on any atom is 0.323 e. The summed E-state index contributed by atoms with van der Waals surface area (Å²) in [5, 5.41) is 24.3. The van der Waals surface area contributed by atoms with Gasteiger partial charge in [0.2, 0.25) is 12.5 Å². The molecule has 0 radical (unpaired) electrons. The van der Waals surface area contributed by atoms with Gasteiger partial charge >= 0.3 is 5.97 Å². The van der Waals surface area contributed by atoms with Gasteiger partial charge in [-0.15, -0.1) is 35.3 Å². The van der Waals surface area contributed by atoms with Crippen molar-refractivity contribution in [2.24, 2.45) is 5.73 Å². The van der Waals surface area contributed by atoms with Crippen molar-refractivity contribution in [1.29, 1.82) is 0 Å². The molecule has 0 unspecified atom stereocenters. The van der Waals surface area contributed by atoms with E-state index in [4.69, 9.17) is 34.0 Å². The fourth-order valence-corrected chi connectivity index (χ4v) is 8.21. The van der Waals surface area contributed by atoms with E-state index in [1.807, 2.05) is 0 Å². The maximum absolute atomic E-state index is 13.0. The smallest absolute Gasteiger partial charge is 0.323 e. The van der Waals surface area contributed by atoms with Gasteiger partial charge in [-0.25, -0.2) is 0 Å². The van der Waals surface area contributed by atoms with Crippen molar-refractivity contribution in [3.8, 4) is 0 Å². The first-order valence-corrected chi connectivity index (χ1v) is 17.3. The van der Waals surface area contributed by atoms with E-state index in [1.165, 1.54) is 45.1 Å². The molecule has 2 atom stereocenters. The highest BCUT2D eigenvalue weighted by Gasteiger charge is 2.52. The second-order valence-electron chi connectivity index (χ2n) is 9.90. The zero-order valence-electron chi connectivity index (χ0n) is 23.6. The maximum atomic E-state index is 13.0. The standard InChI is InChI=1S/C28H29Cl2N5O7S3/c29-17-2-3-19(30)20(10-17)44-15-21(36)32-24-26(40)35-25(28(41)42)16(14-45-27(24)35)13-43-18-4-8-33(9-5-18)11-22(37)34(7-1-6-31)12-23(38)39/h2-5,8-10,24,27H,1,6-7,11-15,31H2,(H2-,32,36,38,39,41,42)/t24-,27-/m1/s1. The molecule has 1 aromatic carbocycles. The molecule has 4 rings (SSSR count). The minimum atomic E-state index is -1.47. The predicted molar refractivity (Wildman–Crippen MR) is 169 cm³/mol. The first kappa shape index (κ1) is 34.9. The molecule has 0 aliphatic carbocycles. The van der Waals surface area contributed by atoms with Gasteiger partial charge in [-0.05, 0) is 36.7 Å². The molecule has 1 aromatic heterocycles. The number of pyridine rings is 1. The number of aliphatic carboxylic acids is 2. The quantitative estimate of drug-likeness (QED) is 0.135. The number of carboxylic acid groups (broad SMARTS) is 2. The number of aromatic nitrogens is 1. The molecule has 45 heavy (non-hydrogen) atoms. The van der Waals surface area contributed by atoms with Gasteiger partial charge in [-0.2, -0.15) is 4.57 Å². The summed E-state index contributed by atoms with van der Waals surface area (Å²) in [6.07, 6.45) is 3.83. The Labute approximate surface area is 281 Å². The summed E-state index contributed by atoms with van der Waals surface area (Å²) in [5.41, 5.74) is 5.82. The molecule has 1 saturated heterocycles. The summed E-state index contributed by atoms with van der Waals surface area (Å²) in [6.45, 7) is 0.118. The molecule has 4 N–H and O–H groups in total. The average molecular weight is 715 g/mol. The fraction of sp³-hybridized carbons (Fsp3) is 0.357. The molecule has 2 aromatic rings. The molecule has 3 heterocycles. The van der Waals surface area contributed by atoms with Gasteiger partial charge in [0.15, 0.2) is 12.4 Å². The Kier molecular flexibility index (Phi) is 12.5. The van der Waals surface area contributed by atoms with Crippen molar-refractivity contribution in [2.75, 3.05) is 36.9 Å². The number of carbonyl (C=O) groups excluding carboxylic acids is 4. The van der Waals surface area contributed by atoms with Crippen LogP contribution in [-0.2, 0) is 30.5 Å². The highest BCUT2D eigenvalue weighted by molar-refractivity contribution is 8.01. The largest absolute Gasteiger partial charge is 0.543 e. The van der Waals surface area contributed by atoms with Crippen LogP contribution < -0.4 is 20.7 Å². The summed E-state index contributed by atoms with van der Waals surface area (Å²) < 4.78 is 1.62. The number of nitrogens with zero attached hydrogens (tertiary/aromatic N) is 3. The van der Waals surface area contributed by atoms with E-state index in [0.717, 1.165) is 4.90 Å². The summed E-state index contributed by atoms with van der Waals surface area (Å²) in [7, 11) is 0. The van der Waals surface area contributed by atoms with E-state index >= 15 is 0 Å². The van der Waals surface area contributed by atoms with Gasteiger partial charge in [-0.1, -0.05) is 23.2 Å². The third kappa shape index (κ3) is 9.08. The number of thioether (sulfide) groups is 3. The second-order valence-corrected chi connectivity index (χ2v) is 13.9. The normalized spacial score (nSPS) is 17.4. The predicted octanol–water partition coefficient (Wildman–Crippen LogP) is 0.831. The number of benzene rings is 1. The number of hydrogen-bond donors (Lipinski definition) is 3. The fourth-order valence-electron chi connectivity index (χ4n) is 4.54. The summed E-state index contributed by atoms with van der Waals surface area (Å²) >= 11 is 16.0. The van der Waals surface area contributed by atoms with E-state index in [0.29, 0.717) is 39.2 Å². The molecule has 3 amide bonds. The van der Waals surface area contributed by atoms with E-state index in [9.17, 15) is 29.1 Å². The molecule has 0 spiro atoms. The zero-order valence-corrected chi connectivity index (χ0v) is 27.6. The lowest BCUT2D eigenvalue weighted by Crippen LogP contribution is -2.71. The lowest BCUT2D eigenvalue weighted by atomic mass is 10.0. The van der Waals surface area contributed by atoms with E-state index in [1.54, 1.807) is 47.3 Å². The van der Waals surface area contributed by atoms with E-state index < -0.39 is 41.7 Å². The molecule has 12 nitrogen and oxygen atoms in total. The van der Waals surface area contributed by atoms with E-state index in [-0.39, 0.29) is 36.2 Å². The van der Waals surface area contributed by atoms with Crippen LogP contribution >= 0.6 is 58.5 Å². The SMILES string of the molecule is NCCCN(CC(=O)O)C(=O)C[n+]1ccc(SCC2=C(C(=O)[O-])N3C(=O)[C@@H](NC(=O)CSc4cc(Cl)ccc4Cl)[C@H]3SC2)cc1. The molecule has 2 aliphatic heterocycles. The van der Waals surface area contributed by atoms with Crippen LogP contribution in [0.3, 0.4) is 0 Å². The number of nitrogens with two attached hydrogens (primary N) is 1. The Morgan fingerprint density at radius 3 is 2.58 bits per heavy atom. The lowest BCUT2D eigenvalue weighted by molar-refractivity contribution is -0.685. The van der Waals surface area contributed by atoms with Crippen molar-refractivity contribution in [3.05, 3.63) is 64.0 Å². The number of carbonyl (C=O) groups is 5. The van der Waals surface area contributed by atoms with E-state index in [2.05, 4.69) is 5.32 Å². The number of amides is 3. The van der Waals surface area contributed by atoms with Crippen LogP contribution in [0, 0.1) is 0 Å². The van der Waals surface area contributed by atoms with Crippen LogP contribution in [0.5, 0.6) is 0 Å². The Hall–Kier alpha value is -2.95.